The molecule has 0 aliphatic carbocycles. The first kappa shape index (κ1) is 19.1. The van der Waals surface area contributed by atoms with E-state index in [4.69, 9.17) is 0 Å². The number of rotatable bonds is 6. The molecule has 0 saturated carbocycles. The van der Waals surface area contributed by atoms with Crippen molar-refractivity contribution in [1.82, 2.24) is 14.9 Å². The lowest BCUT2D eigenvalue weighted by molar-refractivity contribution is -0.127. The van der Waals surface area contributed by atoms with Gasteiger partial charge in [-0.05, 0) is 23.9 Å². The lowest BCUT2D eigenvalue weighted by atomic mass is 10.1. The molecular formula is C21H19N3OS3. The van der Waals surface area contributed by atoms with E-state index in [0.717, 1.165) is 26.4 Å². The Kier molecular flexibility index (Phi) is 5.75. The molecule has 0 radical (unpaired) electrons. The number of carbonyl (C=O) groups excluding carboxylic acids is 1. The number of hydrogen-bond acceptors (Lipinski definition) is 6. The van der Waals surface area contributed by atoms with Crippen LogP contribution in [0.25, 0.3) is 21.3 Å². The van der Waals surface area contributed by atoms with Crippen molar-refractivity contribution in [2.24, 2.45) is 0 Å². The molecule has 142 valence electrons. The summed E-state index contributed by atoms with van der Waals surface area (Å²) in [6, 6.07) is 12.5. The molecule has 0 N–H and O–H groups in total. The maximum absolute atomic E-state index is 12.6. The van der Waals surface area contributed by atoms with Crippen LogP contribution in [-0.2, 0) is 11.3 Å². The summed E-state index contributed by atoms with van der Waals surface area (Å²) in [7, 11) is 1.85. The SMILES string of the molecule is Cc1ccc(-c2csc3ncnc(SCC(=O)N(C)Cc4cccs4)c23)cc1. The average Bonchev–Trinajstić information content (AvgIpc) is 3.36. The minimum absolute atomic E-state index is 0.0947. The molecule has 0 aliphatic heterocycles. The highest BCUT2D eigenvalue weighted by Crippen LogP contribution is 2.37. The number of amides is 1. The van der Waals surface area contributed by atoms with Gasteiger partial charge in [-0.1, -0.05) is 47.7 Å². The van der Waals surface area contributed by atoms with Crippen LogP contribution >= 0.6 is 34.4 Å². The smallest absolute Gasteiger partial charge is 0.233 e. The molecule has 0 unspecified atom stereocenters. The minimum atomic E-state index is 0.0947. The molecule has 1 amide bonds. The Hall–Kier alpha value is -2.22. The fourth-order valence-corrected chi connectivity index (χ4v) is 5.56. The fourth-order valence-electron chi connectivity index (χ4n) is 2.87. The molecule has 7 heteroatoms. The van der Waals surface area contributed by atoms with Crippen molar-refractivity contribution in [3.05, 3.63) is 63.9 Å². The van der Waals surface area contributed by atoms with Crippen molar-refractivity contribution in [1.29, 1.82) is 0 Å². The van der Waals surface area contributed by atoms with Crippen LogP contribution in [0.15, 0.2) is 58.5 Å². The Morgan fingerprint density at radius 2 is 1.96 bits per heavy atom. The van der Waals surface area contributed by atoms with Crippen molar-refractivity contribution >= 4 is 50.6 Å². The normalized spacial score (nSPS) is 11.1. The third-order valence-corrected chi connectivity index (χ3v) is 7.15. The molecule has 0 fully saturated rings. The first-order chi connectivity index (χ1) is 13.6. The van der Waals surface area contributed by atoms with Crippen molar-refractivity contribution in [2.75, 3.05) is 12.8 Å². The van der Waals surface area contributed by atoms with Crippen molar-refractivity contribution in [3.8, 4) is 11.1 Å². The molecule has 0 atom stereocenters. The first-order valence-electron chi connectivity index (χ1n) is 8.80. The predicted molar refractivity (Wildman–Crippen MR) is 119 cm³/mol. The summed E-state index contributed by atoms with van der Waals surface area (Å²) in [5, 5.41) is 6.05. The molecule has 0 spiro atoms. The number of thiophene rings is 2. The lowest BCUT2D eigenvalue weighted by Crippen LogP contribution is -2.27. The molecule has 3 aromatic heterocycles. The first-order valence-corrected chi connectivity index (χ1v) is 11.5. The fraction of sp³-hybridized carbons (Fsp3) is 0.190. The van der Waals surface area contributed by atoms with E-state index in [1.54, 1.807) is 33.9 Å². The number of fused-ring (bicyclic) bond motifs is 1. The van der Waals surface area contributed by atoms with Gasteiger partial charge in [0.15, 0.2) is 0 Å². The molecule has 4 aromatic rings. The number of carbonyl (C=O) groups is 1. The summed E-state index contributed by atoms with van der Waals surface area (Å²) in [5.74, 6) is 0.453. The zero-order valence-corrected chi connectivity index (χ0v) is 18.0. The van der Waals surface area contributed by atoms with Crippen LogP contribution < -0.4 is 0 Å². The Balaban J connectivity index is 1.54. The molecule has 4 nitrogen and oxygen atoms in total. The highest BCUT2D eigenvalue weighted by atomic mass is 32.2. The highest BCUT2D eigenvalue weighted by Gasteiger charge is 2.16. The third-order valence-electron chi connectivity index (χ3n) is 4.43. The van der Waals surface area contributed by atoms with Gasteiger partial charge in [-0.25, -0.2) is 9.97 Å². The largest absolute Gasteiger partial charge is 0.340 e. The monoisotopic (exact) mass is 425 g/mol. The molecule has 4 rings (SSSR count). The Labute approximate surface area is 176 Å². The molecule has 3 heterocycles. The molecule has 1 aromatic carbocycles. The number of aromatic nitrogens is 2. The van der Waals surface area contributed by atoms with E-state index in [1.165, 1.54) is 22.2 Å². The summed E-state index contributed by atoms with van der Waals surface area (Å²) in [4.78, 5) is 25.4. The van der Waals surface area contributed by atoms with Crippen LogP contribution in [0.3, 0.4) is 0 Å². The molecule has 0 aliphatic rings. The van der Waals surface area contributed by atoms with E-state index in [9.17, 15) is 4.79 Å². The zero-order valence-electron chi connectivity index (χ0n) is 15.6. The van der Waals surface area contributed by atoms with E-state index >= 15 is 0 Å². The summed E-state index contributed by atoms with van der Waals surface area (Å²) >= 11 is 4.76. The van der Waals surface area contributed by atoms with Crippen LogP contribution in [-0.4, -0.2) is 33.6 Å². The summed E-state index contributed by atoms with van der Waals surface area (Å²) in [6.07, 6.45) is 1.58. The van der Waals surface area contributed by atoms with E-state index in [0.29, 0.717) is 12.3 Å². The van der Waals surface area contributed by atoms with Crippen molar-refractivity contribution in [3.63, 3.8) is 0 Å². The molecule has 28 heavy (non-hydrogen) atoms. The van der Waals surface area contributed by atoms with Gasteiger partial charge in [0, 0.05) is 22.9 Å². The minimum Gasteiger partial charge on any atom is -0.340 e. The molecule has 0 saturated heterocycles. The predicted octanol–water partition coefficient (Wildman–Crippen LogP) is 5.48. The summed E-state index contributed by atoms with van der Waals surface area (Å²) in [5.41, 5.74) is 3.51. The number of benzene rings is 1. The Bertz CT molecular complexity index is 1090. The van der Waals surface area contributed by atoms with Gasteiger partial charge in [0.2, 0.25) is 5.91 Å². The van der Waals surface area contributed by atoms with Gasteiger partial charge >= 0.3 is 0 Å². The summed E-state index contributed by atoms with van der Waals surface area (Å²) < 4.78 is 0. The van der Waals surface area contributed by atoms with E-state index in [-0.39, 0.29) is 5.91 Å². The van der Waals surface area contributed by atoms with Crippen LogP contribution in [0, 0.1) is 6.92 Å². The van der Waals surface area contributed by atoms with Gasteiger partial charge in [-0.3, -0.25) is 4.79 Å². The quantitative estimate of drug-likeness (QED) is 0.303. The average molecular weight is 426 g/mol. The standard InChI is InChI=1S/C21H19N3OS3/c1-14-5-7-15(8-6-14)17-11-27-20-19(17)21(23-13-22-20)28-12-18(25)24(2)10-16-4-3-9-26-16/h3-9,11,13H,10,12H2,1-2H3. The van der Waals surface area contributed by atoms with Crippen LogP contribution in [0.2, 0.25) is 0 Å². The Morgan fingerprint density at radius 3 is 2.71 bits per heavy atom. The molecular weight excluding hydrogens is 406 g/mol. The van der Waals surface area contributed by atoms with Crippen LogP contribution in [0.4, 0.5) is 0 Å². The zero-order chi connectivity index (χ0) is 19.5. The molecule has 0 bridgehead atoms. The number of aryl methyl sites for hydroxylation is 1. The topological polar surface area (TPSA) is 46.1 Å². The van der Waals surface area contributed by atoms with Gasteiger partial charge < -0.3 is 4.90 Å². The second-order valence-electron chi connectivity index (χ2n) is 6.49. The van der Waals surface area contributed by atoms with Gasteiger partial charge in [0.25, 0.3) is 0 Å². The van der Waals surface area contributed by atoms with E-state index < -0.39 is 0 Å². The maximum atomic E-state index is 12.6. The van der Waals surface area contributed by atoms with Gasteiger partial charge in [-0.2, -0.15) is 0 Å². The van der Waals surface area contributed by atoms with Gasteiger partial charge in [0.05, 0.1) is 17.7 Å². The maximum Gasteiger partial charge on any atom is 0.233 e. The lowest BCUT2D eigenvalue weighted by Gasteiger charge is -2.16. The van der Waals surface area contributed by atoms with Gasteiger partial charge in [0.1, 0.15) is 16.2 Å². The highest BCUT2D eigenvalue weighted by molar-refractivity contribution is 8.00. The number of thioether (sulfide) groups is 1. The van der Waals surface area contributed by atoms with Crippen molar-refractivity contribution < 1.29 is 4.79 Å². The van der Waals surface area contributed by atoms with E-state index in [2.05, 4.69) is 52.6 Å². The van der Waals surface area contributed by atoms with Crippen LogP contribution in [0.5, 0.6) is 0 Å². The second-order valence-corrected chi connectivity index (χ2v) is 9.35. The number of hydrogen-bond donors (Lipinski definition) is 0. The second kappa shape index (κ2) is 8.43. The third kappa shape index (κ3) is 4.11. The van der Waals surface area contributed by atoms with Gasteiger partial charge in [-0.15, -0.1) is 22.7 Å². The van der Waals surface area contributed by atoms with Crippen molar-refractivity contribution in [2.45, 2.75) is 18.5 Å². The van der Waals surface area contributed by atoms with Crippen LogP contribution in [0.1, 0.15) is 10.4 Å². The van der Waals surface area contributed by atoms with E-state index in [1.807, 2.05) is 18.5 Å². The Morgan fingerprint density at radius 1 is 1.14 bits per heavy atom. The summed E-state index contributed by atoms with van der Waals surface area (Å²) in [6.45, 7) is 2.72. The number of nitrogens with zero attached hydrogens (tertiary/aromatic N) is 3.